The summed E-state index contributed by atoms with van der Waals surface area (Å²) in [5.41, 5.74) is 3.61. The van der Waals surface area contributed by atoms with E-state index in [1.54, 1.807) is 0 Å². The molecular formula is C16H15NO4. The van der Waals surface area contributed by atoms with Crippen molar-refractivity contribution in [3.63, 3.8) is 0 Å². The molecule has 1 aromatic carbocycles. The largest absolute Gasteiger partial charge is 0.454 e. The summed E-state index contributed by atoms with van der Waals surface area (Å²) in [4.78, 5) is 4.79. The number of nitrogens with zero attached hydrogens (tertiary/aromatic N) is 1. The van der Waals surface area contributed by atoms with Gasteiger partial charge in [0, 0.05) is 17.8 Å². The summed E-state index contributed by atoms with van der Waals surface area (Å²) < 4.78 is 23.5. The highest BCUT2D eigenvalue weighted by molar-refractivity contribution is 5.99. The first kappa shape index (κ1) is 11.0. The van der Waals surface area contributed by atoms with Crippen LogP contribution in [0.25, 0.3) is 0 Å². The van der Waals surface area contributed by atoms with Gasteiger partial charge in [0.2, 0.25) is 6.79 Å². The van der Waals surface area contributed by atoms with E-state index in [4.69, 9.17) is 23.9 Å². The third kappa shape index (κ3) is 1.12. The van der Waals surface area contributed by atoms with E-state index in [2.05, 4.69) is 6.07 Å². The molecule has 2 fully saturated rings. The van der Waals surface area contributed by atoms with Crippen LogP contribution < -0.4 is 9.47 Å². The standard InChI is InChI=1S/C16H15NO4/c1-2-13-16(3-4-17-13)9-6-12-11(18-7-19-12)5-8(9)15-20-10(1)14(16)21-15/h5-6,10,14-15H,1-4,7H2/t10-,14-,15?,16+/m1/s1. The summed E-state index contributed by atoms with van der Waals surface area (Å²) in [5, 5.41) is 0. The summed E-state index contributed by atoms with van der Waals surface area (Å²) in [6, 6.07) is 4.20. The van der Waals surface area contributed by atoms with Gasteiger partial charge in [-0.05, 0) is 37.0 Å². The lowest BCUT2D eigenvalue weighted by atomic mass is 9.63. The fourth-order valence-corrected chi connectivity index (χ4v) is 4.81. The number of hydrogen-bond donors (Lipinski definition) is 0. The molecule has 1 saturated carbocycles. The van der Waals surface area contributed by atoms with Crippen molar-refractivity contribution in [2.75, 3.05) is 13.3 Å². The molecule has 0 N–H and O–H groups in total. The van der Waals surface area contributed by atoms with Crippen molar-refractivity contribution >= 4 is 5.71 Å². The molecule has 5 aliphatic rings. The van der Waals surface area contributed by atoms with Gasteiger partial charge in [0.15, 0.2) is 17.8 Å². The Kier molecular flexibility index (Phi) is 1.80. The first-order chi connectivity index (χ1) is 10.4. The third-order valence-corrected chi connectivity index (χ3v) is 5.66. The van der Waals surface area contributed by atoms with Crippen molar-refractivity contribution < 1.29 is 18.9 Å². The van der Waals surface area contributed by atoms with E-state index in [0.29, 0.717) is 6.79 Å². The Morgan fingerprint density at radius 1 is 1.14 bits per heavy atom. The lowest BCUT2D eigenvalue weighted by Gasteiger charge is -2.44. The molecule has 1 unspecified atom stereocenters. The molecule has 21 heavy (non-hydrogen) atoms. The van der Waals surface area contributed by atoms with Gasteiger partial charge in [-0.15, -0.1) is 0 Å². The van der Waals surface area contributed by atoms with Crippen LogP contribution in [0.15, 0.2) is 17.1 Å². The minimum absolute atomic E-state index is 0.0910. The van der Waals surface area contributed by atoms with Crippen LogP contribution >= 0.6 is 0 Å². The van der Waals surface area contributed by atoms with E-state index in [1.807, 2.05) is 6.07 Å². The monoisotopic (exact) mass is 285 g/mol. The van der Waals surface area contributed by atoms with Crippen LogP contribution in [0, 0.1) is 0 Å². The molecule has 0 aromatic heterocycles. The zero-order valence-electron chi connectivity index (χ0n) is 11.5. The molecule has 4 aliphatic heterocycles. The molecule has 0 amide bonds. The Labute approximate surface area is 121 Å². The Balaban J connectivity index is 1.67. The topological polar surface area (TPSA) is 49.3 Å². The van der Waals surface area contributed by atoms with Gasteiger partial charge in [-0.3, -0.25) is 4.99 Å². The van der Waals surface area contributed by atoms with E-state index in [-0.39, 0.29) is 23.9 Å². The maximum absolute atomic E-state index is 6.26. The molecular weight excluding hydrogens is 270 g/mol. The average Bonchev–Trinajstić information content (AvgIpc) is 3.20. The predicted molar refractivity (Wildman–Crippen MR) is 72.9 cm³/mol. The maximum atomic E-state index is 6.26. The van der Waals surface area contributed by atoms with Crippen molar-refractivity contribution in [3.8, 4) is 11.5 Å². The molecule has 6 rings (SSSR count). The predicted octanol–water partition coefficient (Wildman–Crippen LogP) is 2.09. The highest BCUT2D eigenvalue weighted by Gasteiger charge is 2.62. The quantitative estimate of drug-likeness (QED) is 0.732. The lowest BCUT2D eigenvalue weighted by molar-refractivity contribution is -0.0831. The molecule has 4 atom stereocenters. The van der Waals surface area contributed by atoms with Crippen molar-refractivity contribution in [3.05, 3.63) is 23.3 Å². The lowest BCUT2D eigenvalue weighted by Crippen LogP contribution is -2.54. The van der Waals surface area contributed by atoms with E-state index in [1.165, 1.54) is 11.3 Å². The smallest absolute Gasteiger partial charge is 0.231 e. The Bertz CT molecular complexity index is 700. The number of rotatable bonds is 0. The summed E-state index contributed by atoms with van der Waals surface area (Å²) >= 11 is 0. The minimum Gasteiger partial charge on any atom is -0.454 e. The first-order valence-corrected chi connectivity index (χ1v) is 7.65. The van der Waals surface area contributed by atoms with Gasteiger partial charge in [0.1, 0.15) is 6.10 Å². The van der Waals surface area contributed by atoms with Gasteiger partial charge < -0.3 is 18.9 Å². The average molecular weight is 285 g/mol. The van der Waals surface area contributed by atoms with Crippen molar-refractivity contribution in [1.29, 1.82) is 0 Å². The second-order valence-electron chi connectivity index (χ2n) is 6.44. The van der Waals surface area contributed by atoms with Gasteiger partial charge in [0.05, 0.1) is 11.5 Å². The fraction of sp³-hybridized carbons (Fsp3) is 0.562. The zero-order valence-corrected chi connectivity index (χ0v) is 11.5. The number of benzene rings is 1. The highest BCUT2D eigenvalue weighted by Crippen LogP contribution is 2.58. The van der Waals surface area contributed by atoms with Crippen LogP contribution in [-0.2, 0) is 14.9 Å². The van der Waals surface area contributed by atoms with E-state index < -0.39 is 0 Å². The van der Waals surface area contributed by atoms with Gasteiger partial charge in [-0.2, -0.15) is 0 Å². The van der Waals surface area contributed by atoms with Crippen molar-refractivity contribution in [1.82, 2.24) is 0 Å². The summed E-state index contributed by atoms with van der Waals surface area (Å²) in [6.07, 6.45) is 3.11. The van der Waals surface area contributed by atoms with Crippen molar-refractivity contribution in [2.24, 2.45) is 4.99 Å². The zero-order chi connectivity index (χ0) is 13.6. The molecule has 5 heteroatoms. The third-order valence-electron chi connectivity index (χ3n) is 5.66. The van der Waals surface area contributed by atoms with Crippen LogP contribution in [0.2, 0.25) is 0 Å². The maximum Gasteiger partial charge on any atom is 0.231 e. The summed E-state index contributed by atoms with van der Waals surface area (Å²) in [7, 11) is 0. The van der Waals surface area contributed by atoms with Crippen molar-refractivity contribution in [2.45, 2.75) is 43.2 Å². The second-order valence-corrected chi connectivity index (χ2v) is 6.44. The molecule has 1 aromatic rings. The van der Waals surface area contributed by atoms with E-state index in [0.717, 1.165) is 42.9 Å². The molecule has 1 aliphatic carbocycles. The van der Waals surface area contributed by atoms with Gasteiger partial charge >= 0.3 is 0 Å². The fourth-order valence-electron chi connectivity index (χ4n) is 4.81. The number of ether oxygens (including phenoxy) is 4. The number of hydrogen-bond acceptors (Lipinski definition) is 5. The SMILES string of the molecule is c1c2c(cc3c1C1O[C@@H]4[C@@H](CCC5=NCC[C@@]534)O1)OCO2. The van der Waals surface area contributed by atoms with Crippen LogP contribution in [0.3, 0.4) is 0 Å². The second kappa shape index (κ2) is 3.42. The normalized spacial score (nSPS) is 40.8. The Morgan fingerprint density at radius 3 is 3.00 bits per heavy atom. The van der Waals surface area contributed by atoms with Gasteiger partial charge in [0.25, 0.3) is 0 Å². The number of aliphatic imine (C=N–C) groups is 1. The van der Waals surface area contributed by atoms with Gasteiger partial charge in [-0.1, -0.05) is 0 Å². The van der Waals surface area contributed by atoms with Gasteiger partial charge in [-0.25, -0.2) is 0 Å². The molecule has 0 radical (unpaired) electrons. The molecule has 1 spiro atoms. The molecule has 1 saturated heterocycles. The molecule has 108 valence electrons. The Morgan fingerprint density at radius 2 is 2.05 bits per heavy atom. The number of fused-ring (bicyclic) bond motifs is 4. The Hall–Kier alpha value is -1.59. The van der Waals surface area contributed by atoms with Crippen LogP contribution in [0.4, 0.5) is 0 Å². The highest BCUT2D eigenvalue weighted by atomic mass is 16.7. The van der Waals surface area contributed by atoms with Crippen LogP contribution in [0.5, 0.6) is 11.5 Å². The summed E-state index contributed by atoms with van der Waals surface area (Å²) in [5.74, 6) is 1.64. The molecule has 2 bridgehead atoms. The van der Waals surface area contributed by atoms with E-state index >= 15 is 0 Å². The van der Waals surface area contributed by atoms with Crippen LogP contribution in [0.1, 0.15) is 36.7 Å². The molecule has 5 nitrogen and oxygen atoms in total. The van der Waals surface area contributed by atoms with Crippen LogP contribution in [-0.4, -0.2) is 31.3 Å². The minimum atomic E-state index is -0.255. The first-order valence-electron chi connectivity index (χ1n) is 7.65. The van der Waals surface area contributed by atoms with E-state index in [9.17, 15) is 0 Å². The summed E-state index contributed by atoms with van der Waals surface area (Å²) in [6.45, 7) is 1.19. The molecule has 4 heterocycles.